The fourth-order valence-electron chi connectivity index (χ4n) is 25.4. The van der Waals surface area contributed by atoms with Crippen molar-refractivity contribution in [2.24, 2.45) is 98.1 Å². The van der Waals surface area contributed by atoms with E-state index in [0.29, 0.717) is 127 Å². The number of amides is 5. The summed E-state index contributed by atoms with van der Waals surface area (Å²) in [5.74, 6) is 6.48. The van der Waals surface area contributed by atoms with Crippen LogP contribution in [0.15, 0.2) is 48.8 Å². The second-order valence-corrected chi connectivity index (χ2v) is 45.9. The third-order valence-corrected chi connectivity index (χ3v) is 35.3. The highest BCUT2D eigenvalue weighted by atomic mass is 32.8. The summed E-state index contributed by atoms with van der Waals surface area (Å²) in [6.07, 6.45) is 27.7. The van der Waals surface area contributed by atoms with Gasteiger partial charge in [-0.3, -0.25) is 28.8 Å². The number of rotatable bonds is 30. The maximum atomic E-state index is 14.0. The van der Waals surface area contributed by atoms with Crippen molar-refractivity contribution < 1.29 is 47.8 Å². The monoisotopic (exact) mass is 1680 g/mol. The predicted octanol–water partition coefficient (Wildman–Crippen LogP) is 17.1. The van der Waals surface area contributed by atoms with Gasteiger partial charge in [0.2, 0.25) is 23.6 Å². The second kappa shape index (κ2) is 36.5. The van der Waals surface area contributed by atoms with Crippen molar-refractivity contribution in [1.82, 2.24) is 61.1 Å². The lowest BCUT2D eigenvalue weighted by Crippen LogP contribution is -2.54. The van der Waals surface area contributed by atoms with Crippen LogP contribution < -0.4 is 26.6 Å². The highest BCUT2D eigenvalue weighted by Crippen LogP contribution is 2.71. The number of nitrogens with one attached hydrogen (secondary N) is 5. The summed E-state index contributed by atoms with van der Waals surface area (Å²) in [5, 5.41) is 35.3. The van der Waals surface area contributed by atoms with Crippen LogP contribution in [0.2, 0.25) is 0 Å². The van der Waals surface area contributed by atoms with E-state index in [2.05, 4.69) is 159 Å². The van der Waals surface area contributed by atoms with E-state index in [-0.39, 0.29) is 99.2 Å². The lowest BCUT2D eigenvalue weighted by Gasteiger charge is -2.61. The Morgan fingerprint density at radius 2 is 0.983 bits per heavy atom. The molecule has 5 aromatic rings. The van der Waals surface area contributed by atoms with E-state index in [1.165, 1.54) is 64.2 Å². The number of carbonyl (C=O) groups is 7. The summed E-state index contributed by atoms with van der Waals surface area (Å²) < 4.78 is 23.6. The van der Waals surface area contributed by atoms with E-state index >= 15 is 0 Å². The van der Waals surface area contributed by atoms with Crippen LogP contribution >= 0.6 is 0 Å². The predicted molar refractivity (Wildman–Crippen MR) is 473 cm³/mol. The van der Waals surface area contributed by atoms with E-state index in [9.17, 15) is 33.6 Å². The van der Waals surface area contributed by atoms with Crippen LogP contribution in [0.4, 0.5) is 4.79 Å². The van der Waals surface area contributed by atoms with Crippen LogP contribution in [0.5, 0.6) is 0 Å². The minimum Gasteiger partial charge on any atom is -0.461 e. The maximum Gasteiger partial charge on any atom is 0.407 e. The Hall–Kier alpha value is -6.82. The zero-order chi connectivity index (χ0) is 85.5. The molecule has 13 rings (SSSR count). The summed E-state index contributed by atoms with van der Waals surface area (Å²) >= 11 is 5.85. The molecule has 3 heterocycles. The van der Waals surface area contributed by atoms with Crippen LogP contribution in [0.3, 0.4) is 0 Å². The van der Waals surface area contributed by atoms with Crippen LogP contribution in [0, 0.1) is 98.1 Å². The molecule has 24 heteroatoms. The molecule has 5 amide bonds. The molecule has 0 spiro atoms. The van der Waals surface area contributed by atoms with E-state index in [1.54, 1.807) is 15.6 Å². The largest absolute Gasteiger partial charge is 0.461 e. The molecule has 21 atom stereocenters. The van der Waals surface area contributed by atoms with Gasteiger partial charge < -0.3 is 45.4 Å². The van der Waals surface area contributed by atoms with Crippen molar-refractivity contribution >= 4 is 84.1 Å². The Morgan fingerprint density at radius 3 is 1.42 bits per heavy atom. The van der Waals surface area contributed by atoms with Crippen molar-refractivity contribution in [2.75, 3.05) is 25.4 Å². The van der Waals surface area contributed by atoms with Crippen molar-refractivity contribution in [3.63, 3.8) is 0 Å². The normalized spacial score (nSPS) is 30.5. The number of nitrogens with zero attached hydrogens (tertiary/aromatic N) is 7. The Labute approximate surface area is 716 Å². The van der Waals surface area contributed by atoms with Gasteiger partial charge >= 0.3 is 18.0 Å². The lowest BCUT2D eigenvalue weighted by atomic mass is 9.44. The molecule has 0 radical (unpaired) electrons. The highest BCUT2D eigenvalue weighted by molar-refractivity contribution is 8.29. The summed E-state index contributed by atoms with van der Waals surface area (Å²) in [5.41, 5.74) is 4.79. The molecule has 9 unspecified atom stereocenters. The third kappa shape index (κ3) is 20.0. The van der Waals surface area contributed by atoms with Gasteiger partial charge in [0.15, 0.2) is 0 Å². The first-order valence-electron chi connectivity index (χ1n) is 46.0. The number of ether oxygens (including phenoxy) is 3. The molecule has 3 aromatic heterocycles. The summed E-state index contributed by atoms with van der Waals surface area (Å²) in [6, 6.07) is 11.2. The number of carbonyl (C=O) groups excluding carboxylic acids is 7. The number of esters is 2. The smallest absolute Gasteiger partial charge is 0.407 e. The van der Waals surface area contributed by atoms with Gasteiger partial charge in [-0.25, -0.2) is 14.2 Å². The molecule has 0 bridgehead atoms. The Kier molecular flexibility index (Phi) is 27.6. The molecule has 8 saturated carbocycles. The average molecular weight is 1680 g/mol. The molecule has 2 aromatic carbocycles. The second-order valence-electron chi connectivity index (χ2n) is 42.4. The number of alkyl carbamates (subject to hydrolysis) is 1. The quantitative estimate of drug-likeness (QED) is 0.0211. The molecular weight excluding hydrogens is 1530 g/mol. The first-order chi connectivity index (χ1) is 56.3. The van der Waals surface area contributed by atoms with Crippen LogP contribution in [-0.4, -0.2) is 136 Å². The van der Waals surface area contributed by atoms with Gasteiger partial charge in [0.25, 0.3) is 0 Å². The van der Waals surface area contributed by atoms with Crippen molar-refractivity contribution in [2.45, 2.75) is 332 Å². The van der Waals surface area contributed by atoms with E-state index in [1.807, 2.05) is 52.9 Å². The molecule has 0 saturated heterocycles. The van der Waals surface area contributed by atoms with Gasteiger partial charge in [-0.2, -0.15) is 0 Å². The number of benzene rings is 2. The molecule has 22 nitrogen and oxygen atoms in total. The summed E-state index contributed by atoms with van der Waals surface area (Å²) in [4.78, 5) is 94.5. The van der Waals surface area contributed by atoms with E-state index in [0.717, 1.165) is 110 Å². The first kappa shape index (κ1) is 89.9. The van der Waals surface area contributed by atoms with Crippen molar-refractivity contribution in [1.29, 1.82) is 0 Å². The number of hydrogen-bond acceptors (Lipinski definition) is 15. The highest BCUT2D eigenvalue weighted by Gasteiger charge is 2.63. The molecule has 8 fully saturated rings. The van der Waals surface area contributed by atoms with Gasteiger partial charge in [-0.1, -0.05) is 143 Å². The molecule has 5 N–H and O–H groups in total. The minimum atomic E-state index is -0.670. The van der Waals surface area contributed by atoms with Crippen molar-refractivity contribution in [3.8, 4) is 22.5 Å². The molecule has 8 aliphatic rings. The summed E-state index contributed by atoms with van der Waals surface area (Å²) in [6.45, 7) is 39.0. The Morgan fingerprint density at radius 1 is 0.546 bits per heavy atom. The first-order valence-corrected chi connectivity index (χ1v) is 48.3. The third-order valence-electron chi connectivity index (χ3n) is 31.3. The lowest BCUT2D eigenvalue weighted by molar-refractivity contribution is -0.164. The Balaban J connectivity index is 0.596. The number of hydrogen-bond donors (Lipinski definition) is 5. The van der Waals surface area contributed by atoms with Gasteiger partial charge in [0.1, 0.15) is 54.4 Å². The van der Waals surface area contributed by atoms with Crippen molar-refractivity contribution in [3.05, 3.63) is 48.8 Å². The molecule has 8 aliphatic carbocycles. The SMILES string of the molecule is CCCNC(=O)[C@H](CS(=S)C(C)(C)C)NC(=O)CC[C@@H](C)C1CC[C@H]2[C@@H]3CC[C@H]4C[C@H](OC(=O)Cn5cc(-c6ccc7c8ccc(-c9cn(CC(=O)O[C@@H]%10CCC%11(C)C%12CCC%13(C)C([C@H](C)CCC(=O)N[C@@H](CC(C)(C)C)C(=O)NCCC)CC[C@H]%13[C@@H]%12CC[C@@H]%11C%10)nn9)cc8n(CCNC(=O)OC(C)(C)C)c7c6)nn5)CCC4(C)C3CCC12C. The van der Waals surface area contributed by atoms with Gasteiger partial charge in [0.05, 0.1) is 12.4 Å². The maximum absolute atomic E-state index is 14.0. The van der Waals surface area contributed by atoms with Crippen LogP contribution in [0.25, 0.3) is 44.3 Å². The topological polar surface area (TPSA) is 274 Å². The molecule has 119 heavy (non-hydrogen) atoms. The van der Waals surface area contributed by atoms with E-state index in [4.69, 9.17) is 25.4 Å². The fraction of sp³-hybridized carbons (Fsp3) is 0.758. The van der Waals surface area contributed by atoms with Gasteiger partial charge in [0, 0.05) is 82.5 Å². The summed E-state index contributed by atoms with van der Waals surface area (Å²) in [7, 11) is -0.467. The Bertz CT molecular complexity index is 4470. The minimum absolute atomic E-state index is 0.0215. The number of aromatic nitrogens is 7. The molecular formula is C95H144N12O10S2. The van der Waals surface area contributed by atoms with Gasteiger partial charge in [-0.05, 0) is 279 Å². The van der Waals surface area contributed by atoms with Crippen LogP contribution in [-0.2, 0) is 83.3 Å². The average Bonchev–Trinajstić information content (AvgIpc) is 1.68. The fourth-order valence-corrected chi connectivity index (χ4v) is 26.8. The zero-order valence-electron chi connectivity index (χ0n) is 75.0. The standard InChI is InChI=1S/C95H144N12O10S2/c1-18-44-96-86(112)76(52-89(5,6)7)99-82(108)34-20-58(3)70-30-32-72-68-28-24-62-50-64(36-40-92(62,14)74(68)38-42-94(70,72)16)115-84(110)55-105-53-77(101-103-105)60-22-26-66-67-27-23-61(49-81(67)107(80(66)48-60)47-46-98-88(114)117-90(8,9)10)78-54-106(104-102-78)56-85(111)116-65-37-41-93(15)63(51-65)25-29-69-73-33-31-71(95(73,17)43-39-75(69)93)59(4)21-35-83(109)100-79(87(113)97-45-19-2)57-119(118)91(11,12)13/h22-23,26-27,48-49,53-54,58-59,62-65,68-76,79H,18-21,24-25,28-47,50-52,55-57H2,1-17H3,(H,96,112)(H,97,113)(H,98,114)(H,99,108)(H,100,109)/t58-,59-,62-,63+,64-,65-,68+,69+,70?,71?,72+,73+,74?,75?,76+,79+,92?,93?,94?,95?,119?/m1/s1. The molecule has 0 aliphatic heterocycles. The van der Waals surface area contributed by atoms with Gasteiger partial charge in [-0.15, -0.1) is 19.7 Å². The number of fused-ring (bicyclic) bond motifs is 13. The van der Waals surface area contributed by atoms with Crippen LogP contribution in [0.1, 0.15) is 278 Å². The van der Waals surface area contributed by atoms with E-state index < -0.39 is 33.2 Å². The molecule has 656 valence electrons. The zero-order valence-corrected chi connectivity index (χ0v) is 76.6.